The maximum absolute atomic E-state index is 12.5. The fraction of sp³-hybridized carbons (Fsp3) is 0.429. The van der Waals surface area contributed by atoms with Crippen molar-refractivity contribution in [2.45, 2.75) is 31.4 Å². The molecule has 0 saturated carbocycles. The van der Waals surface area contributed by atoms with Crippen LogP contribution in [0, 0.1) is 5.92 Å². The van der Waals surface area contributed by atoms with Gasteiger partial charge >= 0.3 is 6.09 Å². The lowest BCUT2D eigenvalue weighted by Gasteiger charge is -2.50. The zero-order valence-electron chi connectivity index (χ0n) is 15.5. The SMILES string of the molecule is COc1ccc(NC(=O)OC2C3CCN(CC3)C2Cc2cccnc2)cc1. The molecular weight excluding hydrogens is 342 g/mol. The Bertz CT molecular complexity index is 758. The van der Waals surface area contributed by atoms with Crippen molar-refractivity contribution in [1.29, 1.82) is 0 Å². The number of fused-ring (bicyclic) bond motifs is 3. The number of carbonyl (C=O) groups is 1. The maximum atomic E-state index is 12.5. The van der Waals surface area contributed by atoms with Crippen LogP contribution in [0.2, 0.25) is 0 Å². The number of benzene rings is 1. The number of piperidine rings is 3. The Balaban J connectivity index is 1.43. The van der Waals surface area contributed by atoms with Gasteiger partial charge < -0.3 is 9.47 Å². The minimum atomic E-state index is -0.393. The van der Waals surface area contributed by atoms with E-state index in [1.807, 2.05) is 36.5 Å². The zero-order valence-corrected chi connectivity index (χ0v) is 15.5. The molecule has 142 valence electrons. The summed E-state index contributed by atoms with van der Waals surface area (Å²) < 4.78 is 11.1. The molecule has 3 aliphatic rings. The fourth-order valence-electron chi connectivity index (χ4n) is 4.23. The highest BCUT2D eigenvalue weighted by Crippen LogP contribution is 2.36. The smallest absolute Gasteiger partial charge is 0.411 e. The predicted octanol–water partition coefficient (Wildman–Crippen LogP) is 3.34. The molecule has 2 atom stereocenters. The summed E-state index contributed by atoms with van der Waals surface area (Å²) in [7, 11) is 1.62. The first-order chi connectivity index (χ1) is 13.2. The van der Waals surface area contributed by atoms with Crippen LogP contribution in [-0.2, 0) is 11.2 Å². The van der Waals surface area contributed by atoms with E-state index in [4.69, 9.17) is 9.47 Å². The van der Waals surface area contributed by atoms with Crippen LogP contribution in [0.5, 0.6) is 5.75 Å². The number of pyridine rings is 1. The minimum Gasteiger partial charge on any atom is -0.497 e. The Labute approximate surface area is 159 Å². The molecule has 2 unspecified atom stereocenters. The van der Waals surface area contributed by atoms with Crippen LogP contribution in [0.15, 0.2) is 48.8 Å². The molecule has 4 heterocycles. The first-order valence-corrected chi connectivity index (χ1v) is 9.47. The molecule has 6 heteroatoms. The molecule has 1 aromatic carbocycles. The Hall–Kier alpha value is -2.60. The summed E-state index contributed by atoms with van der Waals surface area (Å²) in [5.41, 5.74) is 1.88. The topological polar surface area (TPSA) is 63.7 Å². The standard InChI is InChI=1S/C21H25N3O3/c1-26-18-6-4-17(5-7-18)23-21(25)27-20-16-8-11-24(12-9-16)19(20)13-15-3-2-10-22-14-15/h2-7,10,14,16,19-20H,8-9,11-13H2,1H3,(H,23,25). The fourth-order valence-corrected chi connectivity index (χ4v) is 4.23. The lowest BCUT2D eigenvalue weighted by molar-refractivity contribution is -0.0741. The third-order valence-corrected chi connectivity index (χ3v) is 5.63. The van der Waals surface area contributed by atoms with Gasteiger partial charge in [0.25, 0.3) is 0 Å². The normalized spacial score (nSPS) is 26.4. The lowest BCUT2D eigenvalue weighted by Crippen LogP contribution is -2.60. The van der Waals surface area contributed by atoms with E-state index in [9.17, 15) is 4.79 Å². The highest BCUT2D eigenvalue weighted by molar-refractivity contribution is 5.84. The van der Waals surface area contributed by atoms with Gasteiger partial charge in [-0.1, -0.05) is 6.07 Å². The summed E-state index contributed by atoms with van der Waals surface area (Å²) in [4.78, 5) is 19.2. The van der Waals surface area contributed by atoms with Crippen molar-refractivity contribution in [3.8, 4) is 5.75 Å². The highest BCUT2D eigenvalue weighted by atomic mass is 16.6. The lowest BCUT2D eigenvalue weighted by atomic mass is 9.78. The van der Waals surface area contributed by atoms with Crippen molar-refractivity contribution in [2.75, 3.05) is 25.5 Å². The largest absolute Gasteiger partial charge is 0.497 e. The van der Waals surface area contributed by atoms with Crippen LogP contribution >= 0.6 is 0 Å². The first-order valence-electron chi connectivity index (χ1n) is 9.47. The van der Waals surface area contributed by atoms with Gasteiger partial charge in [0, 0.05) is 24.0 Å². The first kappa shape index (κ1) is 17.8. The van der Waals surface area contributed by atoms with Crippen LogP contribution in [0.25, 0.3) is 0 Å². The molecule has 1 N–H and O–H groups in total. The number of nitrogens with zero attached hydrogens (tertiary/aromatic N) is 2. The number of hydrogen-bond acceptors (Lipinski definition) is 5. The van der Waals surface area contributed by atoms with Crippen LogP contribution in [0.1, 0.15) is 18.4 Å². The minimum absolute atomic E-state index is 0.0917. The van der Waals surface area contributed by atoms with Gasteiger partial charge in [-0.25, -0.2) is 4.79 Å². The van der Waals surface area contributed by atoms with E-state index in [1.165, 1.54) is 5.56 Å². The van der Waals surface area contributed by atoms with Crippen molar-refractivity contribution in [3.05, 3.63) is 54.4 Å². The quantitative estimate of drug-likeness (QED) is 0.878. The van der Waals surface area contributed by atoms with Gasteiger partial charge in [0.15, 0.2) is 0 Å². The average molecular weight is 367 g/mol. The van der Waals surface area contributed by atoms with Crippen molar-refractivity contribution < 1.29 is 14.3 Å². The molecule has 6 nitrogen and oxygen atoms in total. The molecular formula is C21H25N3O3. The number of aromatic nitrogens is 1. The molecule has 0 aliphatic carbocycles. The average Bonchev–Trinajstić information content (AvgIpc) is 2.72. The molecule has 3 aliphatic heterocycles. The molecule has 1 amide bonds. The Morgan fingerprint density at radius 2 is 2.00 bits per heavy atom. The monoisotopic (exact) mass is 367 g/mol. The zero-order chi connectivity index (χ0) is 18.6. The van der Waals surface area contributed by atoms with Crippen molar-refractivity contribution in [3.63, 3.8) is 0 Å². The van der Waals surface area contributed by atoms with Crippen molar-refractivity contribution in [2.24, 2.45) is 5.92 Å². The third-order valence-electron chi connectivity index (χ3n) is 5.63. The molecule has 3 saturated heterocycles. The summed E-state index contributed by atoms with van der Waals surface area (Å²) in [6, 6.07) is 11.5. The molecule has 1 aromatic heterocycles. The second kappa shape index (κ2) is 7.96. The third kappa shape index (κ3) is 4.06. The summed E-state index contributed by atoms with van der Waals surface area (Å²) in [6.07, 6.45) is 6.23. The number of methoxy groups -OCH3 is 1. The number of nitrogens with one attached hydrogen (secondary N) is 1. The van der Waals surface area contributed by atoms with E-state index in [0.29, 0.717) is 11.6 Å². The summed E-state index contributed by atoms with van der Waals surface area (Å²) in [5.74, 6) is 1.18. The summed E-state index contributed by atoms with van der Waals surface area (Å²) in [5, 5.41) is 2.84. The number of hydrogen-bond donors (Lipinski definition) is 1. The molecule has 27 heavy (non-hydrogen) atoms. The second-order valence-corrected chi connectivity index (χ2v) is 7.23. The predicted molar refractivity (Wildman–Crippen MR) is 103 cm³/mol. The van der Waals surface area contributed by atoms with Gasteiger partial charge in [0.2, 0.25) is 0 Å². The Morgan fingerprint density at radius 3 is 2.67 bits per heavy atom. The molecule has 0 spiro atoms. The molecule has 3 fully saturated rings. The Kier molecular flexibility index (Phi) is 5.25. The summed E-state index contributed by atoms with van der Waals surface area (Å²) in [6.45, 7) is 2.16. The van der Waals surface area contributed by atoms with E-state index in [2.05, 4.69) is 21.3 Å². The Morgan fingerprint density at radius 1 is 1.22 bits per heavy atom. The van der Waals surface area contributed by atoms with E-state index < -0.39 is 6.09 Å². The van der Waals surface area contributed by atoms with Gasteiger partial charge in [-0.3, -0.25) is 15.2 Å². The van der Waals surface area contributed by atoms with Crippen LogP contribution in [0.3, 0.4) is 0 Å². The van der Waals surface area contributed by atoms with Crippen molar-refractivity contribution in [1.82, 2.24) is 9.88 Å². The number of amides is 1. The second-order valence-electron chi connectivity index (χ2n) is 7.23. The van der Waals surface area contributed by atoms with Gasteiger partial charge in [0.1, 0.15) is 11.9 Å². The van der Waals surface area contributed by atoms with Gasteiger partial charge in [-0.15, -0.1) is 0 Å². The van der Waals surface area contributed by atoms with Crippen LogP contribution < -0.4 is 10.1 Å². The molecule has 2 bridgehead atoms. The van der Waals surface area contributed by atoms with E-state index >= 15 is 0 Å². The van der Waals surface area contributed by atoms with E-state index in [-0.39, 0.29) is 12.1 Å². The molecule has 2 aromatic rings. The summed E-state index contributed by atoms with van der Waals surface area (Å²) >= 11 is 0. The number of rotatable bonds is 5. The van der Waals surface area contributed by atoms with E-state index in [1.54, 1.807) is 13.3 Å². The van der Waals surface area contributed by atoms with Crippen LogP contribution in [-0.4, -0.2) is 48.3 Å². The van der Waals surface area contributed by atoms with Gasteiger partial charge in [0.05, 0.1) is 13.2 Å². The number of carbonyl (C=O) groups excluding carboxylic acids is 1. The molecule has 5 rings (SSSR count). The van der Waals surface area contributed by atoms with E-state index in [0.717, 1.165) is 38.1 Å². The van der Waals surface area contributed by atoms with Gasteiger partial charge in [-0.2, -0.15) is 0 Å². The van der Waals surface area contributed by atoms with Crippen LogP contribution in [0.4, 0.5) is 10.5 Å². The maximum Gasteiger partial charge on any atom is 0.411 e. The highest BCUT2D eigenvalue weighted by Gasteiger charge is 2.44. The number of ether oxygens (including phenoxy) is 2. The van der Waals surface area contributed by atoms with Crippen molar-refractivity contribution >= 4 is 11.8 Å². The molecule has 0 radical (unpaired) electrons. The number of anilines is 1. The van der Waals surface area contributed by atoms with Gasteiger partial charge in [-0.05, 0) is 68.2 Å².